The van der Waals surface area contributed by atoms with Crippen molar-refractivity contribution in [2.24, 2.45) is 10.7 Å². The number of hydrogen-bond donors (Lipinski definition) is 2. The third-order valence-corrected chi connectivity index (χ3v) is 3.67. The zero-order valence-electron chi connectivity index (χ0n) is 14.6. The molecule has 0 radical (unpaired) electrons. The zero-order valence-corrected chi connectivity index (χ0v) is 16.9. The van der Waals surface area contributed by atoms with Crippen LogP contribution in [0.1, 0.15) is 18.4 Å². The van der Waals surface area contributed by atoms with Crippen LogP contribution in [-0.2, 0) is 6.42 Å². The number of benzene rings is 2. The van der Waals surface area contributed by atoms with E-state index in [1.54, 1.807) is 19.2 Å². The second-order valence-corrected chi connectivity index (χ2v) is 5.50. The number of non-ortho nitro benzene ring substituents is 1. The second kappa shape index (κ2) is 11.3. The summed E-state index contributed by atoms with van der Waals surface area (Å²) in [5, 5.41) is 13.6. The maximum atomic E-state index is 10.6. The molecular formula is C18H23IN4O3. The molecule has 0 heterocycles. The molecule has 0 fully saturated rings. The summed E-state index contributed by atoms with van der Waals surface area (Å²) in [4.78, 5) is 14.5. The number of rotatable bonds is 8. The lowest BCUT2D eigenvalue weighted by atomic mass is 10.1. The quantitative estimate of drug-likeness (QED) is 0.152. The molecule has 2 rings (SSSR count). The van der Waals surface area contributed by atoms with E-state index in [1.165, 1.54) is 12.1 Å². The van der Waals surface area contributed by atoms with E-state index in [-0.39, 0.29) is 29.7 Å². The van der Waals surface area contributed by atoms with Crippen molar-refractivity contribution in [1.29, 1.82) is 0 Å². The summed E-state index contributed by atoms with van der Waals surface area (Å²) in [6.07, 6.45) is 2.69. The molecule has 0 saturated heterocycles. The molecule has 2 aromatic rings. The highest BCUT2D eigenvalue weighted by molar-refractivity contribution is 14.0. The Morgan fingerprint density at radius 2 is 1.81 bits per heavy atom. The lowest BCUT2D eigenvalue weighted by molar-refractivity contribution is -0.384. The summed E-state index contributed by atoms with van der Waals surface area (Å²) in [5.41, 5.74) is 7.91. The number of nitro benzene ring substituents is 1. The standard InChI is InChI=1S/C18H22N4O3.HI/c1-25-17-11-7-15(8-12-17)21-18(19)20-13-3-2-4-14-5-9-16(10-6-14)22(23)24;/h5-12H,2-4,13H2,1H3,(H3,19,20,21);1H. The number of ether oxygens (including phenoxy) is 1. The van der Waals surface area contributed by atoms with Gasteiger partial charge in [-0.2, -0.15) is 0 Å². The minimum absolute atomic E-state index is 0. The van der Waals surface area contributed by atoms with E-state index < -0.39 is 4.92 Å². The Balaban J connectivity index is 0.00000338. The van der Waals surface area contributed by atoms with Crippen LogP contribution in [0.25, 0.3) is 0 Å². The molecule has 0 saturated carbocycles. The summed E-state index contributed by atoms with van der Waals surface area (Å²) >= 11 is 0. The SMILES string of the molecule is COc1ccc(NC(N)=NCCCCc2ccc([N+](=O)[O-])cc2)cc1.I. The highest BCUT2D eigenvalue weighted by Crippen LogP contribution is 2.15. The highest BCUT2D eigenvalue weighted by Gasteiger charge is 2.03. The molecule has 140 valence electrons. The van der Waals surface area contributed by atoms with Gasteiger partial charge in [-0.05, 0) is 49.1 Å². The molecule has 0 aliphatic rings. The van der Waals surface area contributed by atoms with E-state index in [2.05, 4.69) is 10.3 Å². The predicted octanol–water partition coefficient (Wildman–Crippen LogP) is 3.97. The highest BCUT2D eigenvalue weighted by atomic mass is 127. The smallest absolute Gasteiger partial charge is 0.269 e. The molecule has 26 heavy (non-hydrogen) atoms. The van der Waals surface area contributed by atoms with Crippen LogP contribution in [0.2, 0.25) is 0 Å². The fourth-order valence-corrected chi connectivity index (χ4v) is 2.29. The van der Waals surface area contributed by atoms with Crippen molar-refractivity contribution < 1.29 is 9.66 Å². The van der Waals surface area contributed by atoms with E-state index in [9.17, 15) is 10.1 Å². The number of hydrogen-bond acceptors (Lipinski definition) is 4. The fraction of sp³-hybridized carbons (Fsp3) is 0.278. The number of halogens is 1. The fourth-order valence-electron chi connectivity index (χ4n) is 2.29. The van der Waals surface area contributed by atoms with Gasteiger partial charge in [-0.3, -0.25) is 15.1 Å². The van der Waals surface area contributed by atoms with Crippen LogP contribution >= 0.6 is 24.0 Å². The van der Waals surface area contributed by atoms with Gasteiger partial charge in [-0.1, -0.05) is 12.1 Å². The van der Waals surface area contributed by atoms with Crippen LogP contribution in [-0.4, -0.2) is 24.5 Å². The van der Waals surface area contributed by atoms with Gasteiger partial charge in [0.25, 0.3) is 5.69 Å². The maximum absolute atomic E-state index is 10.6. The third kappa shape index (κ3) is 7.26. The molecule has 8 heteroatoms. The van der Waals surface area contributed by atoms with Gasteiger partial charge < -0.3 is 15.8 Å². The first-order valence-corrected chi connectivity index (χ1v) is 8.03. The molecular weight excluding hydrogens is 447 g/mol. The van der Waals surface area contributed by atoms with E-state index in [4.69, 9.17) is 10.5 Å². The number of nitro groups is 1. The number of aliphatic imine (C=N–C) groups is 1. The number of methoxy groups -OCH3 is 1. The van der Waals surface area contributed by atoms with Gasteiger partial charge in [0.2, 0.25) is 0 Å². The van der Waals surface area contributed by atoms with Crippen LogP contribution in [0, 0.1) is 10.1 Å². The molecule has 0 amide bonds. The van der Waals surface area contributed by atoms with Gasteiger partial charge in [0.15, 0.2) is 5.96 Å². The van der Waals surface area contributed by atoms with Gasteiger partial charge in [-0.25, -0.2) is 0 Å². The molecule has 0 aliphatic heterocycles. The zero-order chi connectivity index (χ0) is 18.1. The number of nitrogens with zero attached hydrogens (tertiary/aromatic N) is 2. The van der Waals surface area contributed by atoms with Crippen molar-refractivity contribution >= 4 is 41.3 Å². The molecule has 7 nitrogen and oxygen atoms in total. The minimum atomic E-state index is -0.392. The number of guanidine groups is 1. The summed E-state index contributed by atoms with van der Waals surface area (Å²) in [7, 11) is 1.62. The van der Waals surface area contributed by atoms with Crippen molar-refractivity contribution in [1.82, 2.24) is 0 Å². The number of nitrogens with two attached hydrogens (primary N) is 1. The molecule has 0 bridgehead atoms. The Labute approximate surface area is 169 Å². The Kier molecular flexibility index (Phi) is 9.42. The average molecular weight is 470 g/mol. The summed E-state index contributed by atoms with van der Waals surface area (Å²) in [6, 6.07) is 14.1. The van der Waals surface area contributed by atoms with E-state index in [1.807, 2.05) is 24.3 Å². The largest absolute Gasteiger partial charge is 0.497 e. The summed E-state index contributed by atoms with van der Waals surface area (Å²) in [5.74, 6) is 1.16. The molecule has 0 unspecified atom stereocenters. The molecule has 2 aromatic carbocycles. The van der Waals surface area contributed by atoms with Crippen LogP contribution in [0.3, 0.4) is 0 Å². The van der Waals surface area contributed by atoms with Crippen molar-refractivity contribution in [3.05, 3.63) is 64.2 Å². The molecule has 3 N–H and O–H groups in total. The molecule has 0 aromatic heterocycles. The third-order valence-electron chi connectivity index (χ3n) is 3.67. The first kappa shape index (κ1) is 21.7. The topological polar surface area (TPSA) is 103 Å². The van der Waals surface area contributed by atoms with Crippen molar-refractivity contribution in [2.75, 3.05) is 19.0 Å². The number of anilines is 1. The predicted molar refractivity (Wildman–Crippen MR) is 115 cm³/mol. The van der Waals surface area contributed by atoms with E-state index in [0.717, 1.165) is 36.3 Å². The molecule has 0 atom stereocenters. The Morgan fingerprint density at radius 3 is 2.38 bits per heavy atom. The number of aryl methyl sites for hydroxylation is 1. The lowest BCUT2D eigenvalue weighted by Crippen LogP contribution is -2.22. The first-order valence-electron chi connectivity index (χ1n) is 8.03. The normalized spacial score (nSPS) is 10.7. The number of unbranched alkanes of at least 4 members (excludes halogenated alkanes) is 1. The Morgan fingerprint density at radius 1 is 1.15 bits per heavy atom. The number of nitrogens with one attached hydrogen (secondary N) is 1. The first-order chi connectivity index (χ1) is 12.1. The van der Waals surface area contributed by atoms with Crippen molar-refractivity contribution in [2.45, 2.75) is 19.3 Å². The monoisotopic (exact) mass is 470 g/mol. The van der Waals surface area contributed by atoms with Gasteiger partial charge in [0.05, 0.1) is 12.0 Å². The van der Waals surface area contributed by atoms with Crippen LogP contribution in [0.15, 0.2) is 53.5 Å². The van der Waals surface area contributed by atoms with Crippen LogP contribution in [0.4, 0.5) is 11.4 Å². The van der Waals surface area contributed by atoms with Crippen molar-refractivity contribution in [3.8, 4) is 5.75 Å². The van der Waals surface area contributed by atoms with Gasteiger partial charge >= 0.3 is 0 Å². The van der Waals surface area contributed by atoms with E-state index in [0.29, 0.717) is 12.5 Å². The average Bonchev–Trinajstić information content (AvgIpc) is 2.62. The van der Waals surface area contributed by atoms with E-state index >= 15 is 0 Å². The van der Waals surface area contributed by atoms with Crippen molar-refractivity contribution in [3.63, 3.8) is 0 Å². The minimum Gasteiger partial charge on any atom is -0.497 e. The van der Waals surface area contributed by atoms with Gasteiger partial charge in [0, 0.05) is 24.4 Å². The van der Waals surface area contributed by atoms with Crippen LogP contribution < -0.4 is 15.8 Å². The second-order valence-electron chi connectivity index (χ2n) is 5.50. The summed E-state index contributed by atoms with van der Waals surface area (Å²) < 4.78 is 5.10. The van der Waals surface area contributed by atoms with Gasteiger partial charge in [-0.15, -0.1) is 24.0 Å². The Hall–Kier alpha value is -2.36. The maximum Gasteiger partial charge on any atom is 0.269 e. The molecule has 0 aliphatic carbocycles. The molecule has 0 spiro atoms. The lowest BCUT2D eigenvalue weighted by Gasteiger charge is -2.06. The summed E-state index contributed by atoms with van der Waals surface area (Å²) in [6.45, 7) is 0.627. The Bertz CT molecular complexity index is 718. The van der Waals surface area contributed by atoms with Crippen LogP contribution in [0.5, 0.6) is 5.75 Å². The van der Waals surface area contributed by atoms with Gasteiger partial charge in [0.1, 0.15) is 5.75 Å².